The summed E-state index contributed by atoms with van der Waals surface area (Å²) < 4.78 is 7.75. The molecule has 0 N–H and O–H groups in total. The topological polar surface area (TPSA) is 33.5 Å². The molecule has 32 heavy (non-hydrogen) atoms. The van der Waals surface area contributed by atoms with Gasteiger partial charge in [-0.1, -0.05) is 54.6 Å². The maximum Gasteiger partial charge on any atom is 0.124 e. The summed E-state index contributed by atoms with van der Waals surface area (Å²) >= 11 is 0. The van der Waals surface area contributed by atoms with Gasteiger partial charge < -0.3 is 9.30 Å². The zero-order chi connectivity index (χ0) is 21.8. The maximum absolute atomic E-state index is 5.37. The average molecular weight is 427 g/mol. The fraction of sp³-hybridized carbons (Fsp3) is 0.296. The number of methoxy groups -OCH3 is 1. The summed E-state index contributed by atoms with van der Waals surface area (Å²) in [5.41, 5.74) is 4.90. The Balaban J connectivity index is 1.27. The number of nitrogens with zero attached hydrogens (tertiary/aromatic N) is 4. The van der Waals surface area contributed by atoms with Crippen molar-refractivity contribution in [3.05, 3.63) is 95.8 Å². The molecule has 0 saturated carbocycles. The van der Waals surface area contributed by atoms with E-state index in [9.17, 15) is 0 Å². The Morgan fingerprint density at radius 1 is 0.719 bits per heavy atom. The van der Waals surface area contributed by atoms with E-state index in [1.54, 1.807) is 7.11 Å². The number of rotatable bonds is 7. The highest BCUT2D eigenvalue weighted by Gasteiger charge is 2.20. The number of benzene rings is 3. The lowest BCUT2D eigenvalue weighted by molar-refractivity contribution is 0.119. The van der Waals surface area contributed by atoms with Crippen LogP contribution < -0.4 is 4.74 Å². The van der Waals surface area contributed by atoms with E-state index in [2.05, 4.69) is 87.2 Å². The minimum absolute atomic E-state index is 0.854. The van der Waals surface area contributed by atoms with Crippen LogP contribution in [0.5, 0.6) is 5.75 Å². The standard InChI is InChI=1S/C27H30N4O/c1-32-24-11-7-10-23(18-24)19-29-14-16-30(17-15-29)21-27-28-25-12-5-6-13-26(25)31(27)20-22-8-3-2-4-9-22/h2-13,18H,14-17,19-21H2,1H3. The van der Waals surface area contributed by atoms with Gasteiger partial charge in [-0.3, -0.25) is 9.80 Å². The molecule has 0 radical (unpaired) electrons. The second kappa shape index (κ2) is 9.55. The highest BCUT2D eigenvalue weighted by atomic mass is 16.5. The number of piperazine rings is 1. The van der Waals surface area contributed by atoms with Gasteiger partial charge in [0.25, 0.3) is 0 Å². The molecule has 1 saturated heterocycles. The first kappa shape index (κ1) is 20.7. The summed E-state index contributed by atoms with van der Waals surface area (Å²) in [5, 5.41) is 0. The molecule has 1 aromatic heterocycles. The summed E-state index contributed by atoms with van der Waals surface area (Å²) in [5.74, 6) is 2.08. The van der Waals surface area contributed by atoms with E-state index in [-0.39, 0.29) is 0 Å². The lowest BCUT2D eigenvalue weighted by Gasteiger charge is -2.34. The van der Waals surface area contributed by atoms with Gasteiger partial charge in [-0.15, -0.1) is 0 Å². The van der Waals surface area contributed by atoms with Crippen molar-refractivity contribution in [3.8, 4) is 5.75 Å². The number of hydrogen-bond donors (Lipinski definition) is 0. The second-order valence-electron chi connectivity index (χ2n) is 8.49. The van der Waals surface area contributed by atoms with E-state index in [4.69, 9.17) is 9.72 Å². The van der Waals surface area contributed by atoms with Crippen LogP contribution in [-0.4, -0.2) is 52.6 Å². The van der Waals surface area contributed by atoms with Gasteiger partial charge in [0, 0.05) is 39.3 Å². The quantitative estimate of drug-likeness (QED) is 0.438. The second-order valence-corrected chi connectivity index (χ2v) is 8.49. The molecule has 164 valence electrons. The predicted octanol–water partition coefficient (Wildman–Crippen LogP) is 4.41. The molecule has 1 aliphatic rings. The lowest BCUT2D eigenvalue weighted by atomic mass is 10.2. The molecule has 5 rings (SSSR count). The van der Waals surface area contributed by atoms with Crippen molar-refractivity contribution in [2.45, 2.75) is 19.6 Å². The smallest absolute Gasteiger partial charge is 0.124 e. The van der Waals surface area contributed by atoms with E-state index in [1.807, 2.05) is 6.07 Å². The monoisotopic (exact) mass is 426 g/mol. The first-order chi connectivity index (χ1) is 15.8. The maximum atomic E-state index is 5.37. The number of hydrogen-bond acceptors (Lipinski definition) is 4. The van der Waals surface area contributed by atoms with Gasteiger partial charge in [-0.05, 0) is 35.4 Å². The molecule has 5 heteroatoms. The molecule has 0 aliphatic carbocycles. The van der Waals surface area contributed by atoms with Gasteiger partial charge in [0.15, 0.2) is 0 Å². The number of fused-ring (bicyclic) bond motifs is 1. The zero-order valence-corrected chi connectivity index (χ0v) is 18.7. The Bertz CT molecular complexity index is 1160. The van der Waals surface area contributed by atoms with Gasteiger partial charge >= 0.3 is 0 Å². The highest BCUT2D eigenvalue weighted by molar-refractivity contribution is 5.76. The Hall–Kier alpha value is -3.15. The number of para-hydroxylation sites is 2. The van der Waals surface area contributed by atoms with Crippen molar-refractivity contribution >= 4 is 11.0 Å². The molecule has 0 unspecified atom stereocenters. The summed E-state index contributed by atoms with van der Waals surface area (Å²) in [7, 11) is 1.73. The van der Waals surface area contributed by atoms with Crippen molar-refractivity contribution in [1.29, 1.82) is 0 Å². The third kappa shape index (κ3) is 4.69. The predicted molar refractivity (Wildman–Crippen MR) is 129 cm³/mol. The third-order valence-electron chi connectivity index (χ3n) is 6.29. The van der Waals surface area contributed by atoms with Crippen molar-refractivity contribution in [3.63, 3.8) is 0 Å². The van der Waals surface area contributed by atoms with E-state index < -0.39 is 0 Å². The molecule has 3 aromatic carbocycles. The van der Waals surface area contributed by atoms with E-state index in [0.717, 1.165) is 62.9 Å². The number of ether oxygens (including phenoxy) is 1. The van der Waals surface area contributed by atoms with Gasteiger partial charge in [-0.2, -0.15) is 0 Å². The van der Waals surface area contributed by atoms with Gasteiger partial charge in [0.05, 0.1) is 24.7 Å². The molecule has 5 nitrogen and oxygen atoms in total. The van der Waals surface area contributed by atoms with Crippen LogP contribution in [-0.2, 0) is 19.6 Å². The minimum atomic E-state index is 0.854. The first-order valence-corrected chi connectivity index (χ1v) is 11.3. The summed E-state index contributed by atoms with van der Waals surface area (Å²) in [6, 6.07) is 27.5. The Morgan fingerprint density at radius 2 is 1.41 bits per heavy atom. The first-order valence-electron chi connectivity index (χ1n) is 11.3. The van der Waals surface area contributed by atoms with Crippen LogP contribution >= 0.6 is 0 Å². The molecule has 2 heterocycles. The van der Waals surface area contributed by atoms with Crippen LogP contribution in [0.15, 0.2) is 78.9 Å². The average Bonchev–Trinajstić information content (AvgIpc) is 3.18. The van der Waals surface area contributed by atoms with Crippen LogP contribution in [0, 0.1) is 0 Å². The van der Waals surface area contributed by atoms with Gasteiger partial charge in [0.2, 0.25) is 0 Å². The molecule has 0 amide bonds. The van der Waals surface area contributed by atoms with Crippen molar-refractivity contribution in [1.82, 2.24) is 19.4 Å². The highest BCUT2D eigenvalue weighted by Crippen LogP contribution is 2.20. The van der Waals surface area contributed by atoms with Crippen molar-refractivity contribution in [2.24, 2.45) is 0 Å². The molecule has 1 aliphatic heterocycles. The fourth-order valence-corrected chi connectivity index (χ4v) is 4.52. The molecule has 0 atom stereocenters. The SMILES string of the molecule is COc1cccc(CN2CCN(Cc3nc4ccccc4n3Cc3ccccc3)CC2)c1. The van der Waals surface area contributed by atoms with Crippen LogP contribution in [0.2, 0.25) is 0 Å². The normalized spacial score (nSPS) is 15.3. The summed E-state index contributed by atoms with van der Waals surface area (Å²) in [4.78, 5) is 10.1. The van der Waals surface area contributed by atoms with E-state index in [1.165, 1.54) is 16.6 Å². The molecule has 0 spiro atoms. The van der Waals surface area contributed by atoms with Crippen LogP contribution in [0.4, 0.5) is 0 Å². The third-order valence-corrected chi connectivity index (χ3v) is 6.29. The van der Waals surface area contributed by atoms with Crippen LogP contribution in [0.25, 0.3) is 11.0 Å². The summed E-state index contributed by atoms with van der Waals surface area (Å²) in [6.07, 6.45) is 0. The Morgan fingerprint density at radius 3 is 2.19 bits per heavy atom. The molecular formula is C27H30N4O. The van der Waals surface area contributed by atoms with Crippen LogP contribution in [0.1, 0.15) is 17.0 Å². The Kier molecular flexibility index (Phi) is 6.19. The fourth-order valence-electron chi connectivity index (χ4n) is 4.52. The lowest BCUT2D eigenvalue weighted by Crippen LogP contribution is -2.45. The largest absolute Gasteiger partial charge is 0.497 e. The summed E-state index contributed by atoms with van der Waals surface area (Å²) in [6.45, 7) is 6.95. The van der Waals surface area contributed by atoms with Gasteiger partial charge in [-0.25, -0.2) is 4.98 Å². The molecule has 1 fully saturated rings. The van der Waals surface area contributed by atoms with E-state index >= 15 is 0 Å². The zero-order valence-electron chi connectivity index (χ0n) is 18.7. The minimum Gasteiger partial charge on any atom is -0.497 e. The molecular weight excluding hydrogens is 396 g/mol. The number of aromatic nitrogens is 2. The van der Waals surface area contributed by atoms with E-state index in [0.29, 0.717) is 0 Å². The van der Waals surface area contributed by atoms with Crippen molar-refractivity contribution in [2.75, 3.05) is 33.3 Å². The van der Waals surface area contributed by atoms with Crippen LogP contribution in [0.3, 0.4) is 0 Å². The van der Waals surface area contributed by atoms with Crippen molar-refractivity contribution < 1.29 is 4.74 Å². The van der Waals surface area contributed by atoms with Gasteiger partial charge in [0.1, 0.15) is 11.6 Å². The number of imidazole rings is 1. The Labute approximate surface area is 189 Å². The molecule has 4 aromatic rings. The molecule has 0 bridgehead atoms.